The maximum Gasteiger partial charge on any atom is -0.159 e. The predicted octanol–water partition coefficient (Wildman–Crippen LogP) is 6.76. The van der Waals surface area contributed by atoms with E-state index in [9.17, 15) is 0 Å². The van der Waals surface area contributed by atoms with E-state index in [-0.39, 0.29) is 16.2 Å². The van der Waals surface area contributed by atoms with Gasteiger partial charge in [0, 0.05) is 0 Å². The quantitative estimate of drug-likeness (QED) is 0.207. The molecule has 0 radical (unpaired) electrons. The van der Waals surface area contributed by atoms with Gasteiger partial charge in [0.15, 0.2) is 0 Å². The summed E-state index contributed by atoms with van der Waals surface area (Å²) < 4.78 is 12.6. The van der Waals surface area contributed by atoms with Gasteiger partial charge in [-0.05, 0) is 0 Å². The van der Waals surface area contributed by atoms with Crippen LogP contribution in [0.25, 0.3) is 0 Å². The third kappa shape index (κ3) is 24.4. The van der Waals surface area contributed by atoms with Crippen molar-refractivity contribution in [3.8, 4) is 0 Å². The Bertz CT molecular complexity index is 1280. The van der Waals surface area contributed by atoms with Crippen LogP contribution in [-0.4, -0.2) is 65.1 Å². The number of hydrogen-bond acceptors (Lipinski definition) is 4. The van der Waals surface area contributed by atoms with Crippen molar-refractivity contribution in [2.24, 2.45) is 16.2 Å². The van der Waals surface area contributed by atoms with Gasteiger partial charge in [0.05, 0.1) is 0 Å². The first-order valence-corrected chi connectivity index (χ1v) is 21.2. The van der Waals surface area contributed by atoms with Gasteiger partial charge < -0.3 is 19.2 Å². The third-order valence-electron chi connectivity index (χ3n) is 8.12. The molecule has 8 heteroatoms. The summed E-state index contributed by atoms with van der Waals surface area (Å²) in [6, 6.07) is 27.0. The predicted molar refractivity (Wildman–Crippen MR) is 214 cm³/mol. The van der Waals surface area contributed by atoms with Gasteiger partial charge in [-0.3, -0.25) is 0 Å². The van der Waals surface area contributed by atoms with Crippen LogP contribution in [0.15, 0.2) is 72.8 Å². The molecule has 0 heterocycles. The van der Waals surface area contributed by atoms with E-state index in [2.05, 4.69) is 177 Å². The van der Waals surface area contributed by atoms with Crippen molar-refractivity contribution in [1.82, 2.24) is 0 Å². The van der Waals surface area contributed by atoms with Gasteiger partial charge in [-0.1, -0.05) is 0 Å². The van der Waals surface area contributed by atoms with Crippen molar-refractivity contribution < 1.29 is 19.2 Å². The van der Waals surface area contributed by atoms with Crippen LogP contribution in [-0.2, 0) is 20.8 Å². The van der Waals surface area contributed by atoms with Gasteiger partial charge in [0.25, 0.3) is 0 Å². The molecule has 0 spiro atoms. The summed E-state index contributed by atoms with van der Waals surface area (Å²) in [5.41, 5.74) is 6.33. The molecule has 0 unspecified atom stereocenters. The molecule has 3 aromatic rings. The fourth-order valence-electron chi connectivity index (χ4n) is 7.15. The summed E-state index contributed by atoms with van der Waals surface area (Å²) in [6.07, 6.45) is 3.64. The summed E-state index contributed by atoms with van der Waals surface area (Å²) in [7, 11) is -5.39. The first-order chi connectivity index (χ1) is 22.1. The monoisotopic (exact) mass is 734 g/mol. The molecule has 50 heavy (non-hydrogen) atoms. The molecule has 0 aliphatic rings. The summed E-state index contributed by atoms with van der Waals surface area (Å²) in [5.74, 6) is 0. The molecule has 0 atom stereocenters. The SMILES string of the molecule is CC(C)(C)CC(C)(C)c1cc[c]([Mg+])cc1.CC(C)(C)CC(C)(C)c1cc[c]([Mg+])cc1.CC(C)(C)CC(C)(C)c1cc[c]([Mg+])cc1.O=P([O-])([O-])[O-]. The Morgan fingerprint density at radius 1 is 0.400 bits per heavy atom. The van der Waals surface area contributed by atoms with Gasteiger partial charge in [-0.25, -0.2) is 0 Å². The Kier molecular flexibility index (Phi) is 20.1. The van der Waals surface area contributed by atoms with Gasteiger partial charge in [-0.15, -0.1) is 0 Å². The van der Waals surface area contributed by atoms with E-state index in [0.717, 1.165) is 0 Å². The zero-order valence-electron chi connectivity index (χ0n) is 34.3. The summed E-state index contributed by atoms with van der Waals surface area (Å²) in [6.45, 7) is 34.8. The molecule has 3 aromatic carbocycles. The molecule has 3 rings (SSSR count). The molecule has 4 nitrogen and oxygen atoms in total. The van der Waals surface area contributed by atoms with Crippen molar-refractivity contribution in [1.29, 1.82) is 0 Å². The largest absolute Gasteiger partial charge is 0.822 e. The van der Waals surface area contributed by atoms with Gasteiger partial charge in [0.1, 0.15) is 0 Å². The second-order valence-electron chi connectivity index (χ2n) is 19.4. The number of benzene rings is 3. The Balaban J connectivity index is 0.000000674. The van der Waals surface area contributed by atoms with Crippen LogP contribution in [0.1, 0.15) is 140 Å². The van der Waals surface area contributed by atoms with Gasteiger partial charge >= 0.3 is 321 Å². The summed E-state index contributed by atoms with van der Waals surface area (Å²) in [5, 5.41) is 0. The van der Waals surface area contributed by atoms with E-state index < -0.39 is 7.82 Å². The summed E-state index contributed by atoms with van der Waals surface area (Å²) in [4.78, 5) is 25.6. The second-order valence-corrected chi connectivity index (χ2v) is 22.7. The van der Waals surface area contributed by atoms with E-state index in [0.29, 0.717) is 16.2 Å². The normalized spacial score (nSPS) is 12.9. The minimum Gasteiger partial charge on any atom is -0.822 e. The van der Waals surface area contributed by atoms with E-state index in [1.807, 2.05) is 65.1 Å². The van der Waals surface area contributed by atoms with Crippen LogP contribution in [0.5, 0.6) is 0 Å². The zero-order valence-corrected chi connectivity index (χ0v) is 39.4. The van der Waals surface area contributed by atoms with Crippen molar-refractivity contribution in [2.75, 3.05) is 0 Å². The molecular formula is C42H63Mg3O4P. The standard InChI is InChI=1S/3C14H21.3Mg.H3O4P/c3*1-13(2,3)11-14(4,5)12-9-7-6-8-10-12;;;;1-5(2,3)4/h3*7-10H,11H2,1-5H3;;;;(H3,1,2,3,4)/q;;;3*+1;/p-3. The molecule has 0 fully saturated rings. The Labute approximate surface area is 345 Å². The van der Waals surface area contributed by atoms with Crippen LogP contribution in [0.2, 0.25) is 0 Å². The average Bonchev–Trinajstić information content (AvgIpc) is 2.85. The fraction of sp³-hybridized carbons (Fsp3) is 0.571. The van der Waals surface area contributed by atoms with Crippen molar-refractivity contribution >= 4 is 84.0 Å². The van der Waals surface area contributed by atoms with E-state index in [1.54, 1.807) is 0 Å². The Morgan fingerprint density at radius 3 is 0.660 bits per heavy atom. The molecule has 0 amide bonds. The van der Waals surface area contributed by atoms with Crippen molar-refractivity contribution in [3.05, 3.63) is 89.5 Å². The molecule has 266 valence electrons. The number of phosphoric acid groups is 1. The van der Waals surface area contributed by atoms with E-state index in [4.69, 9.17) is 19.2 Å². The van der Waals surface area contributed by atoms with Crippen LogP contribution >= 0.6 is 7.82 Å². The minimum atomic E-state index is -5.39. The van der Waals surface area contributed by atoms with Gasteiger partial charge in [0.2, 0.25) is 0 Å². The zero-order chi connectivity index (χ0) is 39.6. The van der Waals surface area contributed by atoms with Crippen LogP contribution < -0.4 is 25.8 Å². The van der Waals surface area contributed by atoms with Crippen molar-refractivity contribution in [2.45, 2.75) is 139 Å². The molecular weight excluding hydrogens is 672 g/mol. The molecule has 0 saturated heterocycles. The van der Waals surface area contributed by atoms with Crippen LogP contribution in [0, 0.1) is 16.2 Å². The van der Waals surface area contributed by atoms with Crippen LogP contribution in [0.3, 0.4) is 0 Å². The van der Waals surface area contributed by atoms with Crippen LogP contribution in [0.4, 0.5) is 0 Å². The summed E-state index contributed by atoms with van der Waals surface area (Å²) >= 11 is 5.83. The first-order valence-electron chi connectivity index (χ1n) is 17.6. The number of rotatable bonds is 6. The molecule has 0 N–H and O–H groups in total. The number of hydrogen-bond donors (Lipinski definition) is 0. The average molecular weight is 736 g/mol. The maximum absolute atomic E-state index is 8.55. The maximum atomic E-state index is 8.55. The van der Waals surface area contributed by atoms with Crippen molar-refractivity contribution in [3.63, 3.8) is 0 Å². The molecule has 0 aromatic heterocycles. The second kappa shape index (κ2) is 20.1. The smallest absolute Gasteiger partial charge is 0.159 e. The Morgan fingerprint density at radius 2 is 0.540 bits per heavy atom. The van der Waals surface area contributed by atoms with E-state index >= 15 is 0 Å². The molecule has 0 saturated carbocycles. The van der Waals surface area contributed by atoms with Gasteiger partial charge in [-0.2, -0.15) is 7.82 Å². The molecule has 0 aliphatic heterocycles. The topological polar surface area (TPSA) is 86.2 Å². The third-order valence-corrected chi connectivity index (χ3v) is 9.54. The fourth-order valence-corrected chi connectivity index (χ4v) is 7.86. The molecule has 0 aliphatic carbocycles. The minimum absolute atomic E-state index is 0.273. The Hall–Kier alpha value is 0.0687. The molecule has 0 bridgehead atoms. The first kappa shape index (κ1) is 50.1. The van der Waals surface area contributed by atoms with E-state index in [1.165, 1.54) is 47.0 Å².